The van der Waals surface area contributed by atoms with Crippen molar-refractivity contribution >= 4 is 15.9 Å². The van der Waals surface area contributed by atoms with Gasteiger partial charge in [0.2, 0.25) is 15.9 Å². The Balaban J connectivity index is 1.97. The summed E-state index contributed by atoms with van der Waals surface area (Å²) in [6.45, 7) is 4.45. The molecular formula is C16H24N2O3S. The van der Waals surface area contributed by atoms with E-state index in [1.165, 1.54) is 15.4 Å². The lowest BCUT2D eigenvalue weighted by Crippen LogP contribution is -2.43. The van der Waals surface area contributed by atoms with E-state index >= 15 is 0 Å². The molecule has 1 saturated heterocycles. The van der Waals surface area contributed by atoms with Crippen LogP contribution in [0.2, 0.25) is 0 Å². The van der Waals surface area contributed by atoms with Crippen LogP contribution in [-0.2, 0) is 21.2 Å². The number of sulfonamides is 1. The fraction of sp³-hybridized carbons (Fsp3) is 0.562. The summed E-state index contributed by atoms with van der Waals surface area (Å²) in [4.78, 5) is 14.0. The first-order valence-electron chi connectivity index (χ1n) is 7.59. The Bertz CT molecular complexity index is 643. The van der Waals surface area contributed by atoms with Gasteiger partial charge in [0, 0.05) is 19.6 Å². The summed E-state index contributed by atoms with van der Waals surface area (Å²) >= 11 is 0. The number of hydrogen-bond acceptors (Lipinski definition) is 3. The van der Waals surface area contributed by atoms with Crippen LogP contribution in [0.4, 0.5) is 0 Å². The van der Waals surface area contributed by atoms with Crippen molar-refractivity contribution in [2.45, 2.75) is 32.7 Å². The van der Waals surface area contributed by atoms with Crippen LogP contribution in [-0.4, -0.2) is 55.5 Å². The van der Waals surface area contributed by atoms with Crippen molar-refractivity contribution < 1.29 is 13.2 Å². The molecule has 122 valence electrons. The highest BCUT2D eigenvalue weighted by atomic mass is 32.2. The highest BCUT2D eigenvalue weighted by Gasteiger charge is 2.31. The second kappa shape index (κ2) is 6.79. The molecule has 22 heavy (non-hydrogen) atoms. The van der Waals surface area contributed by atoms with Crippen LogP contribution in [0.3, 0.4) is 0 Å². The Morgan fingerprint density at radius 2 is 2.05 bits per heavy atom. The zero-order chi connectivity index (χ0) is 16.3. The first kappa shape index (κ1) is 17.0. The van der Waals surface area contributed by atoms with Crippen molar-refractivity contribution in [3.8, 4) is 0 Å². The van der Waals surface area contributed by atoms with E-state index in [1.54, 1.807) is 11.9 Å². The van der Waals surface area contributed by atoms with Gasteiger partial charge >= 0.3 is 0 Å². The van der Waals surface area contributed by atoms with Crippen molar-refractivity contribution in [2.75, 3.05) is 25.9 Å². The van der Waals surface area contributed by atoms with Crippen molar-refractivity contribution in [2.24, 2.45) is 0 Å². The zero-order valence-electron chi connectivity index (χ0n) is 13.4. The van der Waals surface area contributed by atoms with Crippen LogP contribution < -0.4 is 0 Å². The van der Waals surface area contributed by atoms with Gasteiger partial charge in [0.25, 0.3) is 0 Å². The van der Waals surface area contributed by atoms with Crippen LogP contribution in [0, 0.1) is 6.92 Å². The molecule has 2 rings (SSSR count). The predicted octanol–water partition coefficient (Wildman–Crippen LogP) is 1.42. The Morgan fingerprint density at radius 1 is 1.36 bits per heavy atom. The fourth-order valence-corrected chi connectivity index (χ4v) is 4.14. The summed E-state index contributed by atoms with van der Waals surface area (Å²) < 4.78 is 24.9. The maximum Gasteiger partial charge on any atom is 0.237 e. The van der Waals surface area contributed by atoms with Crippen molar-refractivity contribution in [3.05, 3.63) is 35.4 Å². The van der Waals surface area contributed by atoms with Gasteiger partial charge in [-0.05, 0) is 37.8 Å². The van der Waals surface area contributed by atoms with Gasteiger partial charge in [-0.1, -0.05) is 24.3 Å². The lowest BCUT2D eigenvalue weighted by Gasteiger charge is -2.27. The minimum absolute atomic E-state index is 0.0268. The van der Waals surface area contributed by atoms with Gasteiger partial charge in [-0.3, -0.25) is 4.79 Å². The summed E-state index contributed by atoms with van der Waals surface area (Å²) in [5, 5.41) is 0. The number of carbonyl (C=O) groups excluding carboxylic acids is 1. The number of carbonyl (C=O) groups is 1. The molecule has 0 N–H and O–H groups in total. The molecule has 1 amide bonds. The van der Waals surface area contributed by atoms with E-state index in [2.05, 4.69) is 19.1 Å². The third kappa shape index (κ3) is 3.87. The molecule has 1 unspecified atom stereocenters. The number of benzene rings is 1. The van der Waals surface area contributed by atoms with Crippen LogP contribution in [0.25, 0.3) is 0 Å². The standard InChI is InChI=1S/C16H24N2O3S/c1-13-7-4-5-8-15(13)11-14(2)17(3)16(19)12-18-9-6-10-22(18,20)21/h4-5,7-8,14H,6,9-12H2,1-3H3. The number of nitrogens with zero attached hydrogens (tertiary/aromatic N) is 2. The molecule has 0 aromatic heterocycles. The Hall–Kier alpha value is -1.40. The van der Waals surface area contributed by atoms with Gasteiger partial charge in [-0.2, -0.15) is 4.31 Å². The number of amides is 1. The molecule has 0 bridgehead atoms. The predicted molar refractivity (Wildman–Crippen MR) is 87.1 cm³/mol. The molecule has 0 aliphatic carbocycles. The molecule has 1 fully saturated rings. The molecular weight excluding hydrogens is 300 g/mol. The average molecular weight is 324 g/mol. The molecule has 0 saturated carbocycles. The Labute approximate surface area is 133 Å². The summed E-state index contributed by atoms with van der Waals surface area (Å²) in [6.07, 6.45) is 1.37. The van der Waals surface area contributed by atoms with E-state index in [0.29, 0.717) is 13.0 Å². The lowest BCUT2D eigenvalue weighted by atomic mass is 10.0. The molecule has 1 aromatic carbocycles. The van der Waals surface area contributed by atoms with E-state index < -0.39 is 10.0 Å². The first-order chi connectivity index (χ1) is 10.3. The topological polar surface area (TPSA) is 57.7 Å². The van der Waals surface area contributed by atoms with Crippen LogP contribution in [0.15, 0.2) is 24.3 Å². The molecule has 0 spiro atoms. The van der Waals surface area contributed by atoms with Crippen LogP contribution in [0.5, 0.6) is 0 Å². The maximum atomic E-state index is 12.3. The molecule has 1 aromatic rings. The fourth-order valence-electron chi connectivity index (χ4n) is 2.67. The number of aryl methyl sites for hydroxylation is 1. The van der Waals surface area contributed by atoms with Gasteiger partial charge < -0.3 is 4.90 Å². The van der Waals surface area contributed by atoms with Crippen molar-refractivity contribution in [1.82, 2.24) is 9.21 Å². The van der Waals surface area contributed by atoms with E-state index in [9.17, 15) is 13.2 Å². The third-order valence-electron chi connectivity index (χ3n) is 4.35. The molecule has 1 aliphatic rings. The highest BCUT2D eigenvalue weighted by Crippen LogP contribution is 2.15. The monoisotopic (exact) mass is 324 g/mol. The quantitative estimate of drug-likeness (QED) is 0.823. The lowest BCUT2D eigenvalue weighted by molar-refractivity contribution is -0.131. The van der Waals surface area contributed by atoms with Gasteiger partial charge in [0.1, 0.15) is 0 Å². The van der Waals surface area contributed by atoms with E-state index in [1.807, 2.05) is 19.1 Å². The summed E-state index contributed by atoms with van der Waals surface area (Å²) in [5.41, 5.74) is 2.42. The minimum Gasteiger partial charge on any atom is -0.342 e. The highest BCUT2D eigenvalue weighted by molar-refractivity contribution is 7.89. The maximum absolute atomic E-state index is 12.3. The Morgan fingerprint density at radius 3 is 2.64 bits per heavy atom. The van der Waals surface area contributed by atoms with Crippen molar-refractivity contribution in [3.63, 3.8) is 0 Å². The second-order valence-corrected chi connectivity index (χ2v) is 8.08. The first-order valence-corrected chi connectivity index (χ1v) is 9.20. The van der Waals surface area contributed by atoms with Gasteiger partial charge in [-0.15, -0.1) is 0 Å². The molecule has 1 heterocycles. The molecule has 6 heteroatoms. The van der Waals surface area contributed by atoms with Gasteiger partial charge in [0.05, 0.1) is 12.3 Å². The second-order valence-electron chi connectivity index (χ2n) is 5.99. The molecule has 0 radical (unpaired) electrons. The Kier molecular flexibility index (Phi) is 5.24. The molecule has 5 nitrogen and oxygen atoms in total. The van der Waals surface area contributed by atoms with E-state index in [0.717, 1.165) is 6.42 Å². The summed E-state index contributed by atoms with van der Waals surface area (Å²) in [7, 11) is -1.48. The van der Waals surface area contributed by atoms with Crippen LogP contribution in [0.1, 0.15) is 24.5 Å². The third-order valence-corrected chi connectivity index (χ3v) is 6.25. The largest absolute Gasteiger partial charge is 0.342 e. The number of likely N-dealkylation sites (N-methyl/N-ethyl adjacent to an activating group) is 1. The zero-order valence-corrected chi connectivity index (χ0v) is 14.3. The van der Waals surface area contributed by atoms with Crippen molar-refractivity contribution in [1.29, 1.82) is 0 Å². The SMILES string of the molecule is Cc1ccccc1CC(C)N(C)C(=O)CN1CCCS1(=O)=O. The smallest absolute Gasteiger partial charge is 0.237 e. The average Bonchev–Trinajstić information content (AvgIpc) is 2.79. The number of hydrogen-bond donors (Lipinski definition) is 0. The van der Waals surface area contributed by atoms with E-state index in [4.69, 9.17) is 0 Å². The minimum atomic E-state index is -3.22. The molecule has 1 atom stereocenters. The number of rotatable bonds is 5. The van der Waals surface area contributed by atoms with Crippen LogP contribution >= 0.6 is 0 Å². The van der Waals surface area contributed by atoms with Gasteiger partial charge in [0.15, 0.2) is 0 Å². The molecule has 1 aliphatic heterocycles. The van der Waals surface area contributed by atoms with E-state index in [-0.39, 0.29) is 24.2 Å². The van der Waals surface area contributed by atoms with Gasteiger partial charge in [-0.25, -0.2) is 8.42 Å². The summed E-state index contributed by atoms with van der Waals surface area (Å²) in [6, 6.07) is 8.14. The summed E-state index contributed by atoms with van der Waals surface area (Å²) in [5.74, 6) is 0.00881. The normalized spacial score (nSPS) is 19.0.